The highest BCUT2D eigenvalue weighted by atomic mass is 32.2. The minimum Gasteiger partial charge on any atom is -0.461 e. The molecular weight excluding hydrogens is 410 g/mol. The molecule has 3 aromatic rings. The molecule has 0 fully saturated rings. The fourth-order valence-electron chi connectivity index (χ4n) is 2.85. The Morgan fingerprint density at radius 1 is 1.20 bits per heavy atom. The number of hydrogen-bond acceptors (Lipinski definition) is 7. The van der Waals surface area contributed by atoms with Crippen molar-refractivity contribution >= 4 is 27.0 Å². The monoisotopic (exact) mass is 433 g/mol. The number of fused-ring (bicyclic) bond motifs is 1. The van der Waals surface area contributed by atoms with Crippen LogP contribution in [-0.2, 0) is 33.2 Å². The van der Waals surface area contributed by atoms with Gasteiger partial charge in [0.2, 0.25) is 0 Å². The Hall–Kier alpha value is -2.98. The second-order valence-electron chi connectivity index (χ2n) is 7.07. The zero-order chi connectivity index (χ0) is 22.1. The second kappa shape index (κ2) is 8.41. The van der Waals surface area contributed by atoms with Crippen LogP contribution >= 0.6 is 0 Å². The predicted molar refractivity (Wildman–Crippen MR) is 110 cm³/mol. The first-order valence-corrected chi connectivity index (χ1v) is 10.7. The molecule has 0 amide bonds. The smallest absolute Gasteiger partial charge is 0.336 e. The molecule has 0 spiro atoms. The first-order valence-electron chi connectivity index (χ1n) is 9.26. The van der Waals surface area contributed by atoms with Crippen molar-refractivity contribution < 1.29 is 22.4 Å². The Balaban J connectivity index is 1.61. The lowest BCUT2D eigenvalue weighted by Crippen LogP contribution is -2.27. The van der Waals surface area contributed by atoms with E-state index >= 15 is 0 Å². The van der Waals surface area contributed by atoms with Gasteiger partial charge in [0.15, 0.2) is 5.03 Å². The van der Waals surface area contributed by atoms with Gasteiger partial charge in [0.05, 0.1) is 6.42 Å². The van der Waals surface area contributed by atoms with Crippen LogP contribution in [0.1, 0.15) is 28.9 Å². The average Bonchev–Trinajstić information content (AvgIpc) is 3.01. The molecule has 0 aliphatic heterocycles. The number of esters is 1. The number of sulfonamides is 1. The molecule has 3 rings (SSSR count). The van der Waals surface area contributed by atoms with Crippen LogP contribution in [0.2, 0.25) is 0 Å². The molecule has 2 heterocycles. The van der Waals surface area contributed by atoms with Crippen molar-refractivity contribution in [1.29, 1.82) is 0 Å². The molecule has 0 unspecified atom stereocenters. The molecule has 0 bridgehead atoms. The SMILES string of the molecule is Cc1cc2oc(=O)cc(COC(=O)CCNS(=O)(=O)c3cn(C)c(C)n3)c2cc1C. The van der Waals surface area contributed by atoms with Gasteiger partial charge in [0.1, 0.15) is 18.0 Å². The minimum absolute atomic E-state index is 0.107. The van der Waals surface area contributed by atoms with Crippen LogP contribution in [0.3, 0.4) is 0 Å². The summed E-state index contributed by atoms with van der Waals surface area (Å²) in [5, 5.41) is 0.584. The van der Waals surface area contributed by atoms with Crippen LogP contribution in [-0.4, -0.2) is 30.5 Å². The lowest BCUT2D eigenvalue weighted by Gasteiger charge is -2.09. The highest BCUT2D eigenvalue weighted by Crippen LogP contribution is 2.22. The number of benzene rings is 1. The van der Waals surface area contributed by atoms with E-state index in [0.29, 0.717) is 22.4 Å². The maximum atomic E-state index is 12.2. The van der Waals surface area contributed by atoms with Crippen molar-refractivity contribution in [1.82, 2.24) is 14.3 Å². The molecule has 1 aromatic carbocycles. The van der Waals surface area contributed by atoms with E-state index in [4.69, 9.17) is 9.15 Å². The average molecular weight is 433 g/mol. The summed E-state index contributed by atoms with van der Waals surface area (Å²) in [7, 11) is -2.12. The summed E-state index contributed by atoms with van der Waals surface area (Å²) in [6.07, 6.45) is 1.23. The molecule has 0 aliphatic rings. The summed E-state index contributed by atoms with van der Waals surface area (Å²) >= 11 is 0. The Labute approximate surface area is 173 Å². The molecule has 0 saturated heterocycles. The van der Waals surface area contributed by atoms with Gasteiger partial charge >= 0.3 is 11.6 Å². The fraction of sp³-hybridized carbons (Fsp3) is 0.350. The van der Waals surface area contributed by atoms with Crippen molar-refractivity contribution in [3.63, 3.8) is 0 Å². The summed E-state index contributed by atoms with van der Waals surface area (Å²) in [6.45, 7) is 5.29. The van der Waals surface area contributed by atoms with E-state index < -0.39 is 21.6 Å². The summed E-state index contributed by atoms with van der Waals surface area (Å²) in [4.78, 5) is 27.8. The lowest BCUT2D eigenvalue weighted by molar-refractivity contribution is -0.144. The second-order valence-corrected chi connectivity index (χ2v) is 8.78. The zero-order valence-electron chi connectivity index (χ0n) is 17.2. The maximum Gasteiger partial charge on any atom is 0.336 e. The molecule has 30 heavy (non-hydrogen) atoms. The van der Waals surface area contributed by atoms with Crippen molar-refractivity contribution in [2.24, 2.45) is 7.05 Å². The van der Waals surface area contributed by atoms with Gasteiger partial charge in [-0.25, -0.2) is 22.9 Å². The molecule has 10 heteroatoms. The largest absolute Gasteiger partial charge is 0.461 e. The number of imidazole rings is 1. The third-order valence-corrected chi connectivity index (χ3v) is 6.15. The molecule has 9 nitrogen and oxygen atoms in total. The number of carbonyl (C=O) groups is 1. The third kappa shape index (κ3) is 4.77. The van der Waals surface area contributed by atoms with Gasteiger partial charge < -0.3 is 13.7 Å². The van der Waals surface area contributed by atoms with Crippen molar-refractivity contribution in [3.8, 4) is 0 Å². The Morgan fingerprint density at radius 2 is 1.90 bits per heavy atom. The number of carbonyl (C=O) groups excluding carboxylic acids is 1. The van der Waals surface area contributed by atoms with E-state index in [2.05, 4.69) is 9.71 Å². The van der Waals surface area contributed by atoms with Crippen LogP contribution in [0.15, 0.2) is 38.6 Å². The van der Waals surface area contributed by atoms with E-state index in [9.17, 15) is 18.0 Å². The van der Waals surface area contributed by atoms with Crippen LogP contribution in [0.25, 0.3) is 11.0 Å². The maximum absolute atomic E-state index is 12.2. The third-order valence-electron chi connectivity index (χ3n) is 4.82. The zero-order valence-corrected chi connectivity index (χ0v) is 18.0. The molecule has 0 radical (unpaired) electrons. The van der Waals surface area contributed by atoms with E-state index in [-0.39, 0.29) is 24.6 Å². The van der Waals surface area contributed by atoms with Gasteiger partial charge in [-0.3, -0.25) is 4.79 Å². The van der Waals surface area contributed by atoms with Gasteiger partial charge in [-0.15, -0.1) is 0 Å². The molecule has 160 valence electrons. The van der Waals surface area contributed by atoms with Crippen LogP contribution in [0.4, 0.5) is 0 Å². The molecule has 0 saturated carbocycles. The van der Waals surface area contributed by atoms with Crippen LogP contribution < -0.4 is 10.3 Å². The van der Waals surface area contributed by atoms with Crippen molar-refractivity contribution in [2.45, 2.75) is 38.8 Å². The van der Waals surface area contributed by atoms with Crippen LogP contribution in [0.5, 0.6) is 0 Å². The van der Waals surface area contributed by atoms with E-state index in [1.807, 2.05) is 19.9 Å². The normalized spacial score (nSPS) is 11.7. The fourth-order valence-corrected chi connectivity index (χ4v) is 3.92. The number of aromatic nitrogens is 2. The Morgan fingerprint density at radius 3 is 2.57 bits per heavy atom. The molecule has 0 aliphatic carbocycles. The highest BCUT2D eigenvalue weighted by molar-refractivity contribution is 7.89. The topological polar surface area (TPSA) is 120 Å². The van der Waals surface area contributed by atoms with Crippen molar-refractivity contribution in [3.05, 3.63) is 57.3 Å². The molecular formula is C20H23N3O6S. The lowest BCUT2D eigenvalue weighted by atomic mass is 10.0. The molecule has 1 N–H and O–H groups in total. The van der Waals surface area contributed by atoms with Crippen molar-refractivity contribution in [2.75, 3.05) is 6.54 Å². The summed E-state index contributed by atoms with van der Waals surface area (Å²) in [6, 6.07) is 4.93. The first kappa shape index (κ1) is 21.7. The number of aryl methyl sites for hydroxylation is 4. The quantitative estimate of drug-likeness (QED) is 0.446. The molecule has 0 atom stereocenters. The number of ether oxygens (including phenoxy) is 1. The van der Waals surface area contributed by atoms with Gasteiger partial charge in [0.25, 0.3) is 10.0 Å². The summed E-state index contributed by atoms with van der Waals surface area (Å²) in [5.74, 6) is -0.0418. The van der Waals surface area contributed by atoms with Gasteiger partial charge in [-0.05, 0) is 44.0 Å². The van der Waals surface area contributed by atoms with E-state index in [1.54, 1.807) is 24.6 Å². The van der Waals surface area contributed by atoms with Gasteiger partial charge in [0, 0.05) is 36.8 Å². The number of nitrogens with zero attached hydrogens (tertiary/aromatic N) is 2. The standard InChI is InChI=1S/C20H23N3O6S/c1-12-7-16-15(9-20(25)29-17(16)8-13(12)2)11-28-19(24)5-6-21-30(26,27)18-10-23(4)14(3)22-18/h7-10,21H,5-6,11H2,1-4H3. The highest BCUT2D eigenvalue weighted by Gasteiger charge is 2.19. The van der Waals surface area contributed by atoms with Gasteiger partial charge in [-0.2, -0.15) is 0 Å². The Bertz CT molecular complexity index is 1250. The molecule has 2 aromatic heterocycles. The van der Waals surface area contributed by atoms with Crippen LogP contribution in [0, 0.1) is 20.8 Å². The van der Waals surface area contributed by atoms with Gasteiger partial charge in [-0.1, -0.05) is 0 Å². The Kier molecular flexibility index (Phi) is 6.09. The minimum atomic E-state index is -3.81. The predicted octanol–water partition coefficient (Wildman–Crippen LogP) is 1.86. The van der Waals surface area contributed by atoms with E-state index in [1.165, 1.54) is 12.3 Å². The number of rotatable bonds is 7. The number of nitrogens with one attached hydrogen (secondary N) is 1. The first-order chi connectivity index (χ1) is 14.1. The van der Waals surface area contributed by atoms with E-state index in [0.717, 1.165) is 11.1 Å². The summed E-state index contributed by atoms with van der Waals surface area (Å²) in [5.41, 5.74) is 2.42. The summed E-state index contributed by atoms with van der Waals surface area (Å²) < 4.78 is 38.8. The number of hydrogen-bond donors (Lipinski definition) is 1.